The Balaban J connectivity index is 0.000000698. The number of likely N-dealkylation sites (N-methyl/N-ethyl adjacent to an activating group) is 1. The molecule has 14 nitrogen and oxygen atoms in total. The average molecular weight is 863 g/mol. The minimum absolute atomic E-state index is 0.00238. The molecule has 0 radical (unpaired) electrons. The molecule has 0 bridgehead atoms. The minimum Gasteiger partial charge on any atom is -0.493 e. The number of methoxy groups -OCH3 is 2. The maximum atomic E-state index is 13.9. The second-order valence-corrected chi connectivity index (χ2v) is 15.3. The second-order valence-electron chi connectivity index (χ2n) is 13.4. The molecular formula is C45H38N2O12S2. The third-order valence-electron chi connectivity index (χ3n) is 10.1. The molecule has 0 aliphatic heterocycles. The highest BCUT2D eigenvalue weighted by molar-refractivity contribution is 7.12. The number of carboxylic acids is 2. The van der Waals surface area contributed by atoms with Gasteiger partial charge >= 0.3 is 23.9 Å². The quantitative estimate of drug-likeness (QED) is 0.0499. The second kappa shape index (κ2) is 18.8. The molecule has 1 aliphatic carbocycles. The van der Waals surface area contributed by atoms with Crippen molar-refractivity contribution in [1.82, 2.24) is 10.6 Å². The van der Waals surface area contributed by atoms with Crippen molar-refractivity contribution in [2.24, 2.45) is 0 Å². The van der Waals surface area contributed by atoms with E-state index in [1.807, 2.05) is 18.2 Å². The number of benzene rings is 4. The highest BCUT2D eigenvalue weighted by atomic mass is 32.1. The van der Waals surface area contributed by atoms with E-state index in [0.717, 1.165) is 11.8 Å². The molecule has 16 heteroatoms. The molecule has 2 aromatic heterocycles. The van der Waals surface area contributed by atoms with Gasteiger partial charge in [0.2, 0.25) is 0 Å². The van der Waals surface area contributed by atoms with E-state index < -0.39 is 52.7 Å². The van der Waals surface area contributed by atoms with Gasteiger partial charge in [-0.3, -0.25) is 14.4 Å². The van der Waals surface area contributed by atoms with Crippen molar-refractivity contribution in [3.63, 3.8) is 0 Å². The number of hydrogen-bond acceptors (Lipinski definition) is 13. The lowest BCUT2D eigenvalue weighted by atomic mass is 9.43. The Kier molecular flexibility index (Phi) is 13.4. The molecule has 1 amide bonds. The molecular weight excluding hydrogens is 825 g/mol. The van der Waals surface area contributed by atoms with E-state index in [4.69, 9.17) is 18.9 Å². The number of carboxylic acid groups (broad SMARTS) is 2. The first kappa shape index (κ1) is 43.4. The normalized spacial score (nSPS) is 18.8. The van der Waals surface area contributed by atoms with Crippen LogP contribution in [0.15, 0.2) is 132 Å². The van der Waals surface area contributed by atoms with Gasteiger partial charge in [0, 0.05) is 23.0 Å². The van der Waals surface area contributed by atoms with E-state index in [1.165, 1.54) is 92.5 Å². The van der Waals surface area contributed by atoms with E-state index in [-0.39, 0.29) is 39.7 Å². The van der Waals surface area contributed by atoms with Crippen LogP contribution in [-0.4, -0.2) is 78.6 Å². The summed E-state index contributed by atoms with van der Waals surface area (Å²) in [6.07, 6.45) is 0.833. The van der Waals surface area contributed by atoms with Gasteiger partial charge in [-0.05, 0) is 77.5 Å². The summed E-state index contributed by atoms with van der Waals surface area (Å²) in [6, 6.07) is 31.9. The summed E-state index contributed by atoms with van der Waals surface area (Å²) in [7, 11) is 4.00. The number of aliphatic carboxylic acids is 2. The number of carbonyl (C=O) groups excluding carboxylic acids is 4. The molecule has 312 valence electrons. The van der Waals surface area contributed by atoms with E-state index >= 15 is 0 Å². The maximum Gasteiger partial charge on any atom is 0.353 e. The van der Waals surface area contributed by atoms with Gasteiger partial charge in [0.05, 0.1) is 14.2 Å². The van der Waals surface area contributed by atoms with Crippen LogP contribution in [0.25, 0.3) is 0 Å². The number of ether oxygens (including phenoxy) is 4. The Morgan fingerprint density at radius 1 is 0.607 bits per heavy atom. The average Bonchev–Trinajstić information content (AvgIpc) is 4.03. The summed E-state index contributed by atoms with van der Waals surface area (Å²) in [5.41, 5.74) is -3.31. The largest absolute Gasteiger partial charge is 0.493 e. The van der Waals surface area contributed by atoms with Crippen LogP contribution in [0.4, 0.5) is 0 Å². The third kappa shape index (κ3) is 8.50. The van der Waals surface area contributed by atoms with Gasteiger partial charge in [0.25, 0.3) is 5.91 Å². The van der Waals surface area contributed by atoms with Crippen molar-refractivity contribution in [2.75, 3.05) is 21.3 Å². The first-order chi connectivity index (χ1) is 29.4. The molecule has 0 saturated heterocycles. The summed E-state index contributed by atoms with van der Waals surface area (Å²) >= 11 is 2.35. The summed E-state index contributed by atoms with van der Waals surface area (Å²) in [6.45, 7) is 0. The van der Waals surface area contributed by atoms with Gasteiger partial charge in [0.15, 0.2) is 28.5 Å². The van der Waals surface area contributed by atoms with E-state index in [9.17, 15) is 39.0 Å². The molecule has 1 saturated carbocycles. The summed E-state index contributed by atoms with van der Waals surface area (Å²) in [5.74, 6) is -8.04. The number of amides is 1. The molecule has 4 aromatic carbocycles. The Labute approximate surface area is 357 Å². The van der Waals surface area contributed by atoms with Crippen LogP contribution in [-0.2, 0) is 9.59 Å². The number of nitrogens with one attached hydrogen (secondary N) is 2. The maximum absolute atomic E-state index is 13.9. The van der Waals surface area contributed by atoms with Crippen LogP contribution < -0.4 is 29.6 Å². The number of rotatable bonds is 14. The Bertz CT molecular complexity index is 2420. The van der Waals surface area contributed by atoms with Crippen molar-refractivity contribution < 1.29 is 57.9 Å². The van der Waals surface area contributed by atoms with Crippen LogP contribution in [0.3, 0.4) is 0 Å². The topological polar surface area (TPSA) is 204 Å². The zero-order valence-electron chi connectivity index (χ0n) is 32.7. The third-order valence-corrected chi connectivity index (χ3v) is 11.8. The van der Waals surface area contributed by atoms with Crippen LogP contribution >= 0.6 is 22.7 Å². The Morgan fingerprint density at radius 3 is 1.43 bits per heavy atom. The molecule has 2 heterocycles. The Morgan fingerprint density at radius 2 is 1.07 bits per heavy atom. The van der Waals surface area contributed by atoms with Crippen LogP contribution in [0, 0.1) is 0 Å². The van der Waals surface area contributed by atoms with Crippen molar-refractivity contribution >= 4 is 58.7 Å². The molecule has 2 atom stereocenters. The molecule has 2 unspecified atom stereocenters. The molecule has 61 heavy (non-hydrogen) atoms. The fraction of sp³-hybridized carbons (Fsp3) is 0.156. The molecule has 4 N–H and O–H groups in total. The predicted octanol–water partition coefficient (Wildman–Crippen LogP) is 6.94. The Hall–Kier alpha value is -7.14. The highest BCUT2D eigenvalue weighted by Crippen LogP contribution is 2.63. The van der Waals surface area contributed by atoms with Crippen LogP contribution in [0.5, 0.6) is 23.0 Å². The fourth-order valence-corrected chi connectivity index (χ4v) is 8.66. The van der Waals surface area contributed by atoms with Crippen molar-refractivity contribution in [1.29, 1.82) is 0 Å². The lowest BCUT2D eigenvalue weighted by Gasteiger charge is -2.64. The van der Waals surface area contributed by atoms with Crippen molar-refractivity contribution in [3.8, 4) is 23.0 Å². The number of thiophene rings is 2. The number of hydrogen-bond donors (Lipinski definition) is 4. The van der Waals surface area contributed by atoms with Gasteiger partial charge in [-0.25, -0.2) is 14.4 Å². The number of esters is 2. The summed E-state index contributed by atoms with van der Waals surface area (Å²) in [5, 5.41) is 31.3. The first-order valence-electron chi connectivity index (χ1n) is 18.4. The number of aldehydes is 1. The van der Waals surface area contributed by atoms with E-state index in [0.29, 0.717) is 9.75 Å². The predicted molar refractivity (Wildman–Crippen MR) is 226 cm³/mol. The van der Waals surface area contributed by atoms with Crippen LogP contribution in [0.1, 0.15) is 63.0 Å². The van der Waals surface area contributed by atoms with Gasteiger partial charge < -0.3 is 39.8 Å². The van der Waals surface area contributed by atoms with Gasteiger partial charge in [-0.15, -0.1) is 22.7 Å². The standard InChI is InChI=1S/C38H32N2O11S2.C7H6O/c1-39-37(35(44)45)30(22-13-15-24(26(19-22)48-2)50-33(42)28-11-7-17-52-28)38(36(46)47,40-32(41)21-9-5-4-6-10-21)31(37)23-14-16-25(27(20-23)49-3)51-34(43)29-12-8-18-53-29;8-6-7-4-2-1-3-5-7/h4-20,30-31,39H,1-3H3,(H,40,41)(H,44,45)(H,46,47);1-6H. The van der Waals surface area contributed by atoms with Crippen molar-refractivity contribution in [2.45, 2.75) is 22.9 Å². The lowest BCUT2D eigenvalue weighted by Crippen LogP contribution is -2.85. The van der Waals surface area contributed by atoms with Gasteiger partial charge in [-0.2, -0.15) is 0 Å². The lowest BCUT2D eigenvalue weighted by molar-refractivity contribution is -0.171. The fourth-order valence-electron chi connectivity index (χ4n) is 7.46. The number of carbonyl (C=O) groups is 6. The van der Waals surface area contributed by atoms with E-state index in [2.05, 4.69) is 10.6 Å². The van der Waals surface area contributed by atoms with Gasteiger partial charge in [0.1, 0.15) is 21.6 Å². The highest BCUT2D eigenvalue weighted by Gasteiger charge is 2.79. The molecule has 0 spiro atoms. The van der Waals surface area contributed by atoms with Crippen LogP contribution in [0.2, 0.25) is 0 Å². The van der Waals surface area contributed by atoms with E-state index in [1.54, 1.807) is 65.4 Å². The molecule has 1 aliphatic rings. The molecule has 1 fully saturated rings. The zero-order valence-corrected chi connectivity index (χ0v) is 34.4. The smallest absolute Gasteiger partial charge is 0.353 e. The first-order valence-corrected chi connectivity index (χ1v) is 20.1. The molecule has 7 rings (SSSR count). The molecule has 6 aromatic rings. The summed E-state index contributed by atoms with van der Waals surface area (Å²) in [4.78, 5) is 77.6. The minimum atomic E-state index is -2.34. The zero-order chi connectivity index (χ0) is 43.7. The van der Waals surface area contributed by atoms with Crippen molar-refractivity contribution in [3.05, 3.63) is 164 Å². The monoisotopic (exact) mass is 862 g/mol. The summed E-state index contributed by atoms with van der Waals surface area (Å²) < 4.78 is 22.2. The SMILES string of the molecule is CNC1(C(=O)O)C(c2ccc(OC(=O)c3cccs3)c(OC)c2)C(NC(=O)c2ccccc2)(C(=O)O)C1c1ccc(OC(=O)c2cccs2)c(OC)c1.O=Cc1ccccc1. The van der Waals surface area contributed by atoms with Gasteiger partial charge in [-0.1, -0.05) is 72.8 Å².